The molecule has 3 N–H and O–H groups in total. The van der Waals surface area contributed by atoms with Crippen molar-refractivity contribution >= 4 is 6.03 Å². The number of benzene rings is 2. The Bertz CT molecular complexity index is 920. The first-order valence-electron chi connectivity index (χ1n) is 9.20. The third kappa shape index (κ3) is 6.58. The van der Waals surface area contributed by atoms with Crippen LogP contribution in [0.4, 0.5) is 9.18 Å². The predicted molar refractivity (Wildman–Crippen MR) is 107 cm³/mol. The summed E-state index contributed by atoms with van der Waals surface area (Å²) >= 11 is 0. The first-order chi connectivity index (χ1) is 14.1. The molecule has 7 heteroatoms. The quantitative estimate of drug-likeness (QED) is 0.546. The summed E-state index contributed by atoms with van der Waals surface area (Å²) < 4.78 is 18.7. The minimum absolute atomic E-state index is 0.157. The third-order valence-corrected chi connectivity index (χ3v) is 4.15. The van der Waals surface area contributed by atoms with Crippen molar-refractivity contribution < 1.29 is 19.0 Å². The summed E-state index contributed by atoms with van der Waals surface area (Å²) in [5.41, 5.74) is 1.81. The Labute approximate surface area is 168 Å². The second-order valence-electron chi connectivity index (χ2n) is 6.46. The Morgan fingerprint density at radius 3 is 2.59 bits per heavy atom. The average Bonchev–Trinajstić information content (AvgIpc) is 2.73. The standard InChI is InChI=1S/C22H22FN3O3/c23-18-7-4-8-20(12-18)29-21-10-9-17(13-24-21)14-25-22(28)26-19(15-27)11-16-5-2-1-3-6-16/h1-10,12-13,19,27H,11,14-15H2,(H2,25,26,28)/t19-/m0/s1. The first kappa shape index (κ1) is 20.3. The van der Waals surface area contributed by atoms with Crippen molar-refractivity contribution in [3.8, 4) is 11.6 Å². The van der Waals surface area contributed by atoms with Gasteiger partial charge < -0.3 is 20.5 Å². The van der Waals surface area contributed by atoms with Crippen LogP contribution in [0.3, 0.4) is 0 Å². The second kappa shape index (κ2) is 10.2. The highest BCUT2D eigenvalue weighted by Gasteiger charge is 2.12. The summed E-state index contributed by atoms with van der Waals surface area (Å²) in [6, 6.07) is 18.1. The predicted octanol–water partition coefficient (Wildman–Crippen LogP) is 3.42. The molecule has 0 radical (unpaired) electrons. The van der Waals surface area contributed by atoms with Crippen LogP contribution in [0.2, 0.25) is 0 Å². The van der Waals surface area contributed by atoms with Gasteiger partial charge in [0.15, 0.2) is 0 Å². The maximum Gasteiger partial charge on any atom is 0.315 e. The van der Waals surface area contributed by atoms with Crippen LogP contribution in [0.5, 0.6) is 11.6 Å². The van der Waals surface area contributed by atoms with E-state index in [1.165, 1.54) is 12.1 Å². The number of hydrogen-bond donors (Lipinski definition) is 3. The lowest BCUT2D eigenvalue weighted by Gasteiger charge is -2.17. The number of hydrogen-bond acceptors (Lipinski definition) is 4. The van der Waals surface area contributed by atoms with Gasteiger partial charge in [-0.2, -0.15) is 0 Å². The van der Waals surface area contributed by atoms with E-state index in [0.717, 1.165) is 11.1 Å². The molecule has 0 aliphatic rings. The van der Waals surface area contributed by atoms with Crippen LogP contribution >= 0.6 is 0 Å². The van der Waals surface area contributed by atoms with E-state index in [1.807, 2.05) is 30.3 Å². The fourth-order valence-corrected chi connectivity index (χ4v) is 2.71. The highest BCUT2D eigenvalue weighted by molar-refractivity contribution is 5.74. The van der Waals surface area contributed by atoms with Crippen molar-refractivity contribution in [1.29, 1.82) is 0 Å². The zero-order valence-corrected chi connectivity index (χ0v) is 15.7. The van der Waals surface area contributed by atoms with Crippen LogP contribution in [0.15, 0.2) is 72.9 Å². The number of aliphatic hydroxyl groups is 1. The monoisotopic (exact) mass is 395 g/mol. The molecule has 29 heavy (non-hydrogen) atoms. The molecule has 1 heterocycles. The summed E-state index contributed by atoms with van der Waals surface area (Å²) in [4.78, 5) is 16.3. The van der Waals surface area contributed by atoms with Gasteiger partial charge in [0.1, 0.15) is 11.6 Å². The topological polar surface area (TPSA) is 83.5 Å². The van der Waals surface area contributed by atoms with Crippen molar-refractivity contribution in [1.82, 2.24) is 15.6 Å². The summed E-state index contributed by atoms with van der Waals surface area (Å²) in [5, 5.41) is 15.0. The number of aromatic nitrogens is 1. The Morgan fingerprint density at radius 2 is 1.90 bits per heavy atom. The van der Waals surface area contributed by atoms with Gasteiger partial charge in [0, 0.05) is 24.9 Å². The molecule has 0 spiro atoms. The van der Waals surface area contributed by atoms with Crippen LogP contribution in [0.25, 0.3) is 0 Å². The number of carbonyl (C=O) groups is 1. The average molecular weight is 395 g/mol. The highest BCUT2D eigenvalue weighted by atomic mass is 19.1. The van der Waals surface area contributed by atoms with E-state index in [9.17, 15) is 14.3 Å². The second-order valence-corrected chi connectivity index (χ2v) is 6.46. The number of amides is 2. The largest absolute Gasteiger partial charge is 0.439 e. The molecule has 0 aliphatic heterocycles. The number of ether oxygens (including phenoxy) is 1. The number of carbonyl (C=O) groups excluding carboxylic acids is 1. The Balaban J connectivity index is 1.47. The molecular weight excluding hydrogens is 373 g/mol. The summed E-state index contributed by atoms with van der Waals surface area (Å²) in [6.45, 7) is 0.110. The lowest BCUT2D eigenvalue weighted by Crippen LogP contribution is -2.44. The molecule has 0 fully saturated rings. The van der Waals surface area contributed by atoms with Crippen molar-refractivity contribution in [2.75, 3.05) is 6.61 Å². The molecule has 1 aromatic heterocycles. The van der Waals surface area contributed by atoms with Crippen LogP contribution in [-0.4, -0.2) is 28.8 Å². The van der Waals surface area contributed by atoms with E-state index in [1.54, 1.807) is 30.5 Å². The molecule has 0 unspecified atom stereocenters. The van der Waals surface area contributed by atoms with Crippen molar-refractivity contribution in [3.63, 3.8) is 0 Å². The zero-order valence-electron chi connectivity index (χ0n) is 15.7. The summed E-state index contributed by atoms with van der Waals surface area (Å²) in [7, 11) is 0. The number of rotatable bonds is 8. The van der Waals surface area contributed by atoms with E-state index in [4.69, 9.17) is 4.74 Å². The van der Waals surface area contributed by atoms with E-state index in [-0.39, 0.29) is 31.0 Å². The number of pyridine rings is 1. The van der Waals surface area contributed by atoms with Crippen LogP contribution in [0.1, 0.15) is 11.1 Å². The number of halogens is 1. The van der Waals surface area contributed by atoms with Gasteiger partial charge in [-0.05, 0) is 29.7 Å². The number of nitrogens with one attached hydrogen (secondary N) is 2. The molecule has 1 atom stereocenters. The molecule has 3 aromatic rings. The highest BCUT2D eigenvalue weighted by Crippen LogP contribution is 2.19. The zero-order chi connectivity index (χ0) is 20.5. The third-order valence-electron chi connectivity index (χ3n) is 4.15. The van der Waals surface area contributed by atoms with E-state index < -0.39 is 0 Å². The number of urea groups is 1. The van der Waals surface area contributed by atoms with Gasteiger partial charge in [-0.25, -0.2) is 14.2 Å². The normalized spacial score (nSPS) is 11.5. The van der Waals surface area contributed by atoms with E-state index in [2.05, 4.69) is 15.6 Å². The maximum atomic E-state index is 13.2. The van der Waals surface area contributed by atoms with Gasteiger partial charge in [0.2, 0.25) is 5.88 Å². The molecule has 3 rings (SSSR count). The summed E-state index contributed by atoms with van der Waals surface area (Å²) in [5.74, 6) is 0.297. The molecule has 0 saturated carbocycles. The van der Waals surface area contributed by atoms with Crippen LogP contribution in [-0.2, 0) is 13.0 Å². The smallest absolute Gasteiger partial charge is 0.315 e. The lowest BCUT2D eigenvalue weighted by atomic mass is 10.1. The SMILES string of the molecule is O=C(NCc1ccc(Oc2cccc(F)c2)nc1)N[C@H](CO)Cc1ccccc1. The molecule has 2 amide bonds. The van der Waals surface area contributed by atoms with Gasteiger partial charge in [-0.15, -0.1) is 0 Å². The van der Waals surface area contributed by atoms with Gasteiger partial charge in [-0.1, -0.05) is 42.5 Å². The Kier molecular flexibility index (Phi) is 7.13. The van der Waals surface area contributed by atoms with Crippen LogP contribution in [0, 0.1) is 5.82 Å². The number of nitrogens with zero attached hydrogens (tertiary/aromatic N) is 1. The molecule has 0 bridgehead atoms. The molecule has 0 aliphatic carbocycles. The molecule has 6 nitrogen and oxygen atoms in total. The van der Waals surface area contributed by atoms with Gasteiger partial charge in [0.25, 0.3) is 0 Å². The minimum atomic E-state index is -0.386. The lowest BCUT2D eigenvalue weighted by molar-refractivity contribution is 0.215. The fraction of sp³-hybridized carbons (Fsp3) is 0.182. The van der Waals surface area contributed by atoms with E-state index >= 15 is 0 Å². The maximum absolute atomic E-state index is 13.2. The molecule has 150 valence electrons. The first-order valence-corrected chi connectivity index (χ1v) is 9.20. The van der Waals surface area contributed by atoms with Crippen molar-refractivity contribution in [2.24, 2.45) is 0 Å². The molecule has 2 aromatic carbocycles. The van der Waals surface area contributed by atoms with Gasteiger partial charge in [0.05, 0.1) is 12.6 Å². The van der Waals surface area contributed by atoms with Crippen molar-refractivity contribution in [2.45, 2.75) is 19.0 Å². The van der Waals surface area contributed by atoms with E-state index in [0.29, 0.717) is 18.1 Å². The summed E-state index contributed by atoms with van der Waals surface area (Å²) in [6.07, 6.45) is 2.11. The van der Waals surface area contributed by atoms with Crippen molar-refractivity contribution in [3.05, 3.63) is 89.9 Å². The van der Waals surface area contributed by atoms with Crippen LogP contribution < -0.4 is 15.4 Å². The Morgan fingerprint density at radius 1 is 1.07 bits per heavy atom. The van der Waals surface area contributed by atoms with Gasteiger partial charge >= 0.3 is 6.03 Å². The number of aliphatic hydroxyl groups excluding tert-OH is 1. The molecule has 0 saturated heterocycles. The minimum Gasteiger partial charge on any atom is -0.439 e. The van der Waals surface area contributed by atoms with Gasteiger partial charge in [-0.3, -0.25) is 0 Å². The molecular formula is C22H22FN3O3. The fourth-order valence-electron chi connectivity index (χ4n) is 2.71. The Hall–Kier alpha value is -3.45.